The highest BCUT2D eigenvalue weighted by atomic mass is 79.9. The summed E-state index contributed by atoms with van der Waals surface area (Å²) in [5.41, 5.74) is 2.13. The number of benzene rings is 1. The molecule has 1 N–H and O–H groups in total. The molecule has 1 aliphatic carbocycles. The summed E-state index contributed by atoms with van der Waals surface area (Å²) in [6.07, 6.45) is 5.57. The first-order valence-electron chi connectivity index (χ1n) is 8.52. The maximum atomic E-state index is 12.8. The lowest BCUT2D eigenvalue weighted by atomic mass is 9.84. The molecule has 1 heterocycles. The number of halogens is 1. The lowest BCUT2D eigenvalue weighted by molar-refractivity contribution is -0.146. The third kappa shape index (κ3) is 3.72. The molecule has 2 aliphatic rings. The van der Waals surface area contributed by atoms with Gasteiger partial charge in [-0.3, -0.25) is 4.79 Å². The van der Waals surface area contributed by atoms with Gasteiger partial charge in [0.1, 0.15) is 6.10 Å². The molecule has 1 atom stereocenters. The van der Waals surface area contributed by atoms with Gasteiger partial charge < -0.3 is 10.1 Å². The van der Waals surface area contributed by atoms with E-state index in [1.54, 1.807) is 6.92 Å². The minimum Gasteiger partial charge on any atom is -0.459 e. The van der Waals surface area contributed by atoms with Crippen LogP contribution in [0.5, 0.6) is 0 Å². The Morgan fingerprint density at radius 1 is 1.21 bits per heavy atom. The Kier molecular flexibility index (Phi) is 5.39. The van der Waals surface area contributed by atoms with Gasteiger partial charge >= 0.3 is 5.97 Å². The molecule has 0 spiro atoms. The van der Waals surface area contributed by atoms with Crippen LogP contribution in [0.2, 0.25) is 0 Å². The van der Waals surface area contributed by atoms with E-state index in [4.69, 9.17) is 4.74 Å². The van der Waals surface area contributed by atoms with E-state index in [0.717, 1.165) is 35.7 Å². The van der Waals surface area contributed by atoms with Gasteiger partial charge in [-0.25, -0.2) is 4.79 Å². The summed E-state index contributed by atoms with van der Waals surface area (Å²) >= 11 is 3.54. The molecule has 3 rings (SSSR count). The summed E-state index contributed by atoms with van der Waals surface area (Å²) < 4.78 is 6.67. The number of hydrogen-bond donors (Lipinski definition) is 1. The zero-order chi connectivity index (χ0) is 17.1. The topological polar surface area (TPSA) is 55.4 Å². The van der Waals surface area contributed by atoms with Gasteiger partial charge in [0, 0.05) is 22.5 Å². The Morgan fingerprint density at radius 3 is 2.62 bits per heavy atom. The van der Waals surface area contributed by atoms with E-state index in [0.29, 0.717) is 11.3 Å². The number of ether oxygens (including phenoxy) is 1. The molecule has 1 amide bonds. The minimum absolute atomic E-state index is 0.00374. The normalized spacial score (nSPS) is 22.2. The van der Waals surface area contributed by atoms with Crippen LogP contribution in [0, 0.1) is 0 Å². The second kappa shape index (κ2) is 7.51. The van der Waals surface area contributed by atoms with Gasteiger partial charge in [-0.2, -0.15) is 0 Å². The smallest absolute Gasteiger partial charge is 0.336 e. The number of rotatable bonds is 3. The molecule has 1 aromatic carbocycles. The van der Waals surface area contributed by atoms with Crippen molar-refractivity contribution in [3.63, 3.8) is 0 Å². The first-order valence-corrected chi connectivity index (χ1v) is 9.31. The molecule has 4 nitrogen and oxygen atoms in total. The van der Waals surface area contributed by atoms with Gasteiger partial charge in [-0.05, 0) is 44.2 Å². The standard InChI is InChI=1S/C19H22BrNO3/c1-12-18(19(23)24-13-7-3-2-4-8-13)15(11-17(22)21-12)14-9-5-6-10-16(14)20/h5-6,9-10,13,15H,2-4,7-8,11H2,1H3,(H,21,22)/t15-/m1/s1. The van der Waals surface area contributed by atoms with Crippen LogP contribution in [0.25, 0.3) is 0 Å². The predicted molar refractivity (Wildman–Crippen MR) is 95.3 cm³/mol. The van der Waals surface area contributed by atoms with E-state index >= 15 is 0 Å². The molecule has 1 aliphatic heterocycles. The van der Waals surface area contributed by atoms with Gasteiger partial charge in [0.2, 0.25) is 5.91 Å². The van der Waals surface area contributed by atoms with Crippen molar-refractivity contribution in [2.24, 2.45) is 0 Å². The van der Waals surface area contributed by atoms with Gasteiger partial charge in [-0.1, -0.05) is 40.5 Å². The molecule has 128 valence electrons. The molecule has 1 fully saturated rings. The van der Waals surface area contributed by atoms with Crippen LogP contribution in [0.4, 0.5) is 0 Å². The third-order valence-corrected chi connectivity index (χ3v) is 5.52. The second-order valence-corrected chi connectivity index (χ2v) is 7.38. The lowest BCUT2D eigenvalue weighted by Crippen LogP contribution is -2.35. The minimum atomic E-state index is -0.292. The number of nitrogens with one attached hydrogen (secondary N) is 1. The van der Waals surface area contributed by atoms with Crippen molar-refractivity contribution in [2.45, 2.75) is 57.5 Å². The van der Waals surface area contributed by atoms with Gasteiger partial charge in [0.25, 0.3) is 0 Å². The fourth-order valence-electron chi connectivity index (χ4n) is 3.59. The Labute approximate surface area is 150 Å². The van der Waals surface area contributed by atoms with Gasteiger partial charge in [0.15, 0.2) is 0 Å². The van der Waals surface area contributed by atoms with Crippen molar-refractivity contribution in [1.29, 1.82) is 0 Å². The van der Waals surface area contributed by atoms with Crippen molar-refractivity contribution in [3.8, 4) is 0 Å². The number of hydrogen-bond acceptors (Lipinski definition) is 3. The summed E-state index contributed by atoms with van der Waals surface area (Å²) in [6, 6.07) is 7.73. The average molecular weight is 392 g/mol. The van der Waals surface area contributed by atoms with Crippen molar-refractivity contribution in [2.75, 3.05) is 0 Å². The van der Waals surface area contributed by atoms with E-state index < -0.39 is 0 Å². The number of carbonyl (C=O) groups is 2. The van der Waals surface area contributed by atoms with E-state index in [1.807, 2.05) is 24.3 Å². The Hall–Kier alpha value is -1.62. The van der Waals surface area contributed by atoms with Crippen LogP contribution in [0.15, 0.2) is 40.0 Å². The van der Waals surface area contributed by atoms with E-state index in [2.05, 4.69) is 21.2 Å². The van der Waals surface area contributed by atoms with Crippen molar-refractivity contribution >= 4 is 27.8 Å². The SMILES string of the molecule is CC1=C(C(=O)OC2CCCCC2)[C@@H](c2ccccc2Br)CC(=O)N1. The molecule has 1 saturated carbocycles. The highest BCUT2D eigenvalue weighted by Crippen LogP contribution is 2.37. The number of esters is 1. The summed E-state index contributed by atoms with van der Waals surface area (Å²) in [5, 5.41) is 2.79. The number of carbonyl (C=O) groups excluding carboxylic acids is 2. The Balaban J connectivity index is 1.89. The Bertz CT molecular complexity index is 677. The molecule has 1 aromatic rings. The molecule has 0 aromatic heterocycles. The fraction of sp³-hybridized carbons (Fsp3) is 0.474. The molecule has 24 heavy (non-hydrogen) atoms. The van der Waals surface area contributed by atoms with E-state index in [9.17, 15) is 9.59 Å². The van der Waals surface area contributed by atoms with Crippen LogP contribution in [0.1, 0.15) is 56.9 Å². The van der Waals surface area contributed by atoms with Crippen LogP contribution >= 0.6 is 15.9 Å². The number of amides is 1. The predicted octanol–water partition coefficient (Wildman–Crippen LogP) is 4.20. The summed E-state index contributed by atoms with van der Waals surface area (Å²) in [6.45, 7) is 1.78. The number of allylic oxidation sites excluding steroid dienone is 1. The molecular weight excluding hydrogens is 370 g/mol. The van der Waals surface area contributed by atoms with Crippen LogP contribution in [-0.2, 0) is 14.3 Å². The maximum Gasteiger partial charge on any atom is 0.336 e. The summed E-state index contributed by atoms with van der Waals surface area (Å²) in [5.74, 6) is -0.631. The zero-order valence-corrected chi connectivity index (χ0v) is 15.4. The van der Waals surface area contributed by atoms with Gasteiger partial charge in [0.05, 0.1) is 5.57 Å². The molecule has 0 bridgehead atoms. The quantitative estimate of drug-likeness (QED) is 0.785. The van der Waals surface area contributed by atoms with Crippen LogP contribution < -0.4 is 5.32 Å². The molecule has 0 saturated heterocycles. The van der Waals surface area contributed by atoms with E-state index in [-0.39, 0.29) is 30.3 Å². The van der Waals surface area contributed by atoms with Crippen molar-refractivity contribution in [3.05, 3.63) is 45.6 Å². The Morgan fingerprint density at radius 2 is 1.92 bits per heavy atom. The fourth-order valence-corrected chi connectivity index (χ4v) is 4.15. The highest BCUT2D eigenvalue weighted by molar-refractivity contribution is 9.10. The molecule has 5 heteroatoms. The van der Waals surface area contributed by atoms with E-state index in [1.165, 1.54) is 6.42 Å². The van der Waals surface area contributed by atoms with Gasteiger partial charge in [-0.15, -0.1) is 0 Å². The van der Waals surface area contributed by atoms with Crippen molar-refractivity contribution in [1.82, 2.24) is 5.32 Å². The maximum absolute atomic E-state index is 12.8. The molecule has 0 radical (unpaired) electrons. The second-order valence-electron chi connectivity index (χ2n) is 6.53. The third-order valence-electron chi connectivity index (χ3n) is 4.80. The largest absolute Gasteiger partial charge is 0.459 e. The monoisotopic (exact) mass is 391 g/mol. The summed E-state index contributed by atoms with van der Waals surface area (Å²) in [4.78, 5) is 24.8. The van der Waals surface area contributed by atoms with Crippen LogP contribution in [0.3, 0.4) is 0 Å². The first-order chi connectivity index (χ1) is 11.6. The summed E-state index contributed by atoms with van der Waals surface area (Å²) in [7, 11) is 0. The zero-order valence-electron chi connectivity index (χ0n) is 13.8. The lowest BCUT2D eigenvalue weighted by Gasteiger charge is -2.29. The average Bonchev–Trinajstić information content (AvgIpc) is 2.55. The van der Waals surface area contributed by atoms with Crippen LogP contribution in [-0.4, -0.2) is 18.0 Å². The highest BCUT2D eigenvalue weighted by Gasteiger charge is 2.34. The molecule has 0 unspecified atom stereocenters. The molecular formula is C19H22BrNO3. The first kappa shape index (κ1) is 17.2. The van der Waals surface area contributed by atoms with Crippen molar-refractivity contribution < 1.29 is 14.3 Å².